The SMILES string of the molecule is [2H]c1c(Cl)nc(C#N)c([2H])c1C(F)(F)F. The van der Waals surface area contributed by atoms with Gasteiger partial charge in [0.2, 0.25) is 0 Å². The fourth-order valence-corrected chi connectivity index (χ4v) is 0.781. The highest BCUT2D eigenvalue weighted by Crippen LogP contribution is 2.30. The molecule has 0 aliphatic rings. The van der Waals surface area contributed by atoms with Crippen LogP contribution < -0.4 is 0 Å². The van der Waals surface area contributed by atoms with Crippen molar-refractivity contribution in [3.05, 3.63) is 28.5 Å². The summed E-state index contributed by atoms with van der Waals surface area (Å²) in [5.74, 6) is 0. The topological polar surface area (TPSA) is 36.7 Å². The molecule has 1 heterocycles. The molecule has 0 unspecified atom stereocenters. The molecule has 0 saturated heterocycles. The minimum Gasteiger partial charge on any atom is -0.225 e. The molecule has 13 heavy (non-hydrogen) atoms. The Hall–Kier alpha value is -1.28. The van der Waals surface area contributed by atoms with Gasteiger partial charge >= 0.3 is 6.18 Å². The van der Waals surface area contributed by atoms with E-state index in [-0.39, 0.29) is 0 Å². The highest BCUT2D eigenvalue weighted by Gasteiger charge is 2.31. The molecule has 1 aromatic heterocycles. The molecule has 68 valence electrons. The van der Waals surface area contributed by atoms with E-state index in [4.69, 9.17) is 19.6 Å². The average molecular weight is 209 g/mol. The third-order valence-electron chi connectivity index (χ3n) is 1.07. The van der Waals surface area contributed by atoms with Crippen LogP contribution in [0.25, 0.3) is 0 Å². The molecule has 2 nitrogen and oxygen atoms in total. The van der Waals surface area contributed by atoms with Gasteiger partial charge in [0.25, 0.3) is 0 Å². The van der Waals surface area contributed by atoms with Crippen LogP contribution >= 0.6 is 11.6 Å². The lowest BCUT2D eigenvalue weighted by Gasteiger charge is -2.05. The molecule has 1 aromatic rings. The third-order valence-corrected chi connectivity index (χ3v) is 1.25. The lowest BCUT2D eigenvalue weighted by molar-refractivity contribution is -0.137. The largest absolute Gasteiger partial charge is 0.416 e. The van der Waals surface area contributed by atoms with E-state index in [2.05, 4.69) is 4.98 Å². The van der Waals surface area contributed by atoms with Gasteiger partial charge in [-0.1, -0.05) is 11.6 Å². The Balaban J connectivity index is 3.64. The first-order valence-electron chi connectivity index (χ1n) is 3.93. The number of halogens is 4. The number of alkyl halides is 3. The second kappa shape index (κ2) is 3.23. The molecule has 0 atom stereocenters. The molecule has 0 spiro atoms. The van der Waals surface area contributed by atoms with Gasteiger partial charge in [0.15, 0.2) is 0 Å². The smallest absolute Gasteiger partial charge is 0.225 e. The molecule has 0 amide bonds. The second-order valence-electron chi connectivity index (χ2n) is 1.99. The molecular formula is C7H2ClF3N2. The maximum atomic E-state index is 12.4. The summed E-state index contributed by atoms with van der Waals surface area (Å²) in [7, 11) is 0. The summed E-state index contributed by atoms with van der Waals surface area (Å²) in [6.45, 7) is 0. The highest BCUT2D eigenvalue weighted by molar-refractivity contribution is 6.29. The van der Waals surface area contributed by atoms with Crippen LogP contribution in [0.15, 0.2) is 12.1 Å². The molecule has 0 aromatic carbocycles. The summed E-state index contributed by atoms with van der Waals surface area (Å²) >= 11 is 5.24. The van der Waals surface area contributed by atoms with E-state index in [1.54, 1.807) is 0 Å². The van der Waals surface area contributed by atoms with Gasteiger partial charge in [-0.3, -0.25) is 0 Å². The quantitative estimate of drug-likeness (QED) is 0.615. The maximum absolute atomic E-state index is 12.4. The van der Waals surface area contributed by atoms with Gasteiger partial charge < -0.3 is 0 Å². The normalized spacial score (nSPS) is 13.2. The van der Waals surface area contributed by atoms with Crippen molar-refractivity contribution in [3.8, 4) is 6.07 Å². The molecule has 0 bridgehead atoms. The standard InChI is InChI=1S/C7H2ClF3N2/c8-6-2-4(7(9,10)11)1-5(3-12)13-6/h1-2H/i1D,2D. The number of nitriles is 1. The molecule has 0 aliphatic carbocycles. The maximum Gasteiger partial charge on any atom is 0.416 e. The van der Waals surface area contributed by atoms with Crippen molar-refractivity contribution in [2.45, 2.75) is 6.18 Å². The Morgan fingerprint density at radius 2 is 2.15 bits per heavy atom. The van der Waals surface area contributed by atoms with Crippen LogP contribution in [-0.4, -0.2) is 4.98 Å². The molecule has 0 radical (unpaired) electrons. The van der Waals surface area contributed by atoms with Crippen LogP contribution in [0.1, 0.15) is 14.0 Å². The van der Waals surface area contributed by atoms with Crippen molar-refractivity contribution in [3.63, 3.8) is 0 Å². The Kier molecular flexibility index (Phi) is 1.78. The average Bonchev–Trinajstić information content (AvgIpc) is 2.09. The molecule has 0 saturated carbocycles. The van der Waals surface area contributed by atoms with Crippen molar-refractivity contribution in [1.29, 1.82) is 5.26 Å². The van der Waals surface area contributed by atoms with E-state index < -0.39 is 34.7 Å². The summed E-state index contributed by atoms with van der Waals surface area (Å²) in [6, 6.07) is -0.906. The van der Waals surface area contributed by atoms with Crippen LogP contribution in [0.5, 0.6) is 0 Å². The van der Waals surface area contributed by atoms with Gasteiger partial charge in [0, 0.05) is 0 Å². The van der Waals surface area contributed by atoms with Crippen molar-refractivity contribution in [1.82, 2.24) is 4.98 Å². The number of hydrogen-bond donors (Lipinski definition) is 0. The molecule has 0 N–H and O–H groups in total. The van der Waals surface area contributed by atoms with Gasteiger partial charge in [0.1, 0.15) is 16.9 Å². The number of nitrogens with zero attached hydrogens (tertiary/aromatic N) is 2. The lowest BCUT2D eigenvalue weighted by atomic mass is 10.2. The number of aromatic nitrogens is 1. The van der Waals surface area contributed by atoms with Crippen LogP contribution in [0.2, 0.25) is 5.15 Å². The number of hydrogen-bond acceptors (Lipinski definition) is 2. The van der Waals surface area contributed by atoms with Gasteiger partial charge in [-0.05, 0) is 12.1 Å². The third kappa shape index (κ3) is 2.33. The van der Waals surface area contributed by atoms with Crippen LogP contribution in [-0.2, 0) is 6.18 Å². The van der Waals surface area contributed by atoms with Gasteiger partial charge in [-0.15, -0.1) is 0 Å². The number of pyridine rings is 1. The molecular weight excluding hydrogens is 205 g/mol. The van der Waals surface area contributed by atoms with Gasteiger partial charge in [0.05, 0.1) is 8.30 Å². The Morgan fingerprint density at radius 3 is 2.62 bits per heavy atom. The lowest BCUT2D eigenvalue weighted by Crippen LogP contribution is -2.05. The Bertz CT molecular complexity index is 453. The summed E-state index contributed by atoms with van der Waals surface area (Å²) in [5, 5.41) is 7.66. The van der Waals surface area contributed by atoms with Crippen LogP contribution in [0.4, 0.5) is 13.2 Å². The highest BCUT2D eigenvalue weighted by atomic mass is 35.5. The fraction of sp³-hybridized carbons (Fsp3) is 0.143. The van der Waals surface area contributed by atoms with E-state index in [9.17, 15) is 13.2 Å². The van der Waals surface area contributed by atoms with Crippen molar-refractivity contribution < 1.29 is 15.9 Å². The summed E-state index contributed by atoms with van der Waals surface area (Å²) in [6.07, 6.45) is -4.90. The van der Waals surface area contributed by atoms with Crippen molar-refractivity contribution >= 4 is 11.6 Å². The zero-order chi connectivity index (χ0) is 11.8. The number of rotatable bonds is 0. The van der Waals surface area contributed by atoms with E-state index in [1.807, 2.05) is 0 Å². The van der Waals surface area contributed by atoms with Gasteiger partial charge in [-0.2, -0.15) is 18.4 Å². The van der Waals surface area contributed by atoms with Crippen molar-refractivity contribution in [2.75, 3.05) is 0 Å². The zero-order valence-corrected chi connectivity index (χ0v) is 6.66. The zero-order valence-electron chi connectivity index (χ0n) is 7.91. The summed E-state index contributed by atoms with van der Waals surface area (Å²) < 4.78 is 51.2. The fourth-order valence-electron chi connectivity index (χ4n) is 0.602. The van der Waals surface area contributed by atoms with Crippen LogP contribution in [0, 0.1) is 11.3 Å². The van der Waals surface area contributed by atoms with Crippen molar-refractivity contribution in [2.24, 2.45) is 0 Å². The molecule has 0 aliphatic heterocycles. The first-order chi connectivity index (χ1) is 6.79. The van der Waals surface area contributed by atoms with Gasteiger partial charge in [-0.25, -0.2) is 4.98 Å². The van der Waals surface area contributed by atoms with E-state index >= 15 is 0 Å². The second-order valence-corrected chi connectivity index (χ2v) is 2.34. The molecule has 1 rings (SSSR count). The van der Waals surface area contributed by atoms with E-state index in [0.717, 1.165) is 0 Å². The first kappa shape index (κ1) is 7.15. The minimum atomic E-state index is -4.90. The Morgan fingerprint density at radius 1 is 1.54 bits per heavy atom. The first-order valence-corrected chi connectivity index (χ1v) is 3.30. The predicted octanol–water partition coefficient (Wildman–Crippen LogP) is 2.63. The summed E-state index contributed by atoms with van der Waals surface area (Å²) in [5.41, 5.74) is -2.29. The summed E-state index contributed by atoms with van der Waals surface area (Å²) in [4.78, 5) is 3.19. The minimum absolute atomic E-state index is 0.741. The molecule has 0 fully saturated rings. The Labute approximate surface area is 79.4 Å². The monoisotopic (exact) mass is 208 g/mol. The van der Waals surface area contributed by atoms with Crippen LogP contribution in [0.3, 0.4) is 0 Å². The molecule has 6 heteroatoms. The van der Waals surface area contributed by atoms with E-state index in [1.165, 1.54) is 6.07 Å². The van der Waals surface area contributed by atoms with E-state index in [0.29, 0.717) is 0 Å². The predicted molar refractivity (Wildman–Crippen MR) is 39.0 cm³/mol.